The van der Waals surface area contributed by atoms with Crippen molar-refractivity contribution in [3.63, 3.8) is 0 Å². The van der Waals surface area contributed by atoms with Crippen LogP contribution in [0.5, 0.6) is 0 Å². The molecule has 0 bridgehead atoms. The summed E-state index contributed by atoms with van der Waals surface area (Å²) in [6, 6.07) is 10.1. The highest BCUT2D eigenvalue weighted by molar-refractivity contribution is 7.99. The molecule has 0 radical (unpaired) electrons. The van der Waals surface area contributed by atoms with Crippen LogP contribution >= 0.6 is 11.8 Å². The van der Waals surface area contributed by atoms with Gasteiger partial charge < -0.3 is 5.32 Å². The van der Waals surface area contributed by atoms with E-state index in [1.807, 2.05) is 42.1 Å². The molecule has 1 aromatic carbocycles. The van der Waals surface area contributed by atoms with Crippen LogP contribution in [0, 0.1) is 5.92 Å². The van der Waals surface area contributed by atoms with Crippen LogP contribution in [0.3, 0.4) is 0 Å². The highest BCUT2D eigenvalue weighted by Gasteiger charge is 2.20. The second-order valence-electron chi connectivity index (χ2n) is 4.12. The van der Waals surface area contributed by atoms with E-state index in [0.29, 0.717) is 6.54 Å². The Morgan fingerprint density at radius 3 is 2.88 bits per heavy atom. The maximum Gasteiger partial charge on any atom is 0.224 e. The highest BCUT2D eigenvalue weighted by atomic mass is 32.2. The van der Waals surface area contributed by atoms with Gasteiger partial charge >= 0.3 is 0 Å². The molecule has 1 atom stereocenters. The Kier molecular flexibility index (Phi) is 4.28. The molecule has 0 spiro atoms. The number of carbonyl (C=O) groups excluding carboxylic acids is 1. The van der Waals surface area contributed by atoms with E-state index >= 15 is 0 Å². The second-order valence-corrected chi connectivity index (χ2v) is 5.27. The van der Waals surface area contributed by atoms with Crippen LogP contribution in [0.2, 0.25) is 0 Å². The van der Waals surface area contributed by atoms with Gasteiger partial charge in [0.25, 0.3) is 0 Å². The molecule has 2 rings (SSSR count). The van der Waals surface area contributed by atoms with E-state index in [9.17, 15) is 4.79 Å². The van der Waals surface area contributed by atoms with Gasteiger partial charge in [0.05, 0.1) is 0 Å². The van der Waals surface area contributed by atoms with Crippen LogP contribution in [0.15, 0.2) is 30.3 Å². The SMILES string of the molecule is O=C(NCc1ccccc1)C1CCCSC1. The number of benzene rings is 1. The van der Waals surface area contributed by atoms with Gasteiger partial charge in [0.2, 0.25) is 5.91 Å². The number of hydrogen-bond donors (Lipinski definition) is 1. The minimum Gasteiger partial charge on any atom is -0.352 e. The van der Waals surface area contributed by atoms with E-state index in [2.05, 4.69) is 5.32 Å². The number of nitrogens with one attached hydrogen (secondary N) is 1. The molecule has 16 heavy (non-hydrogen) atoms. The minimum atomic E-state index is 0.219. The van der Waals surface area contributed by atoms with Crippen LogP contribution < -0.4 is 5.32 Å². The van der Waals surface area contributed by atoms with Crippen LogP contribution in [-0.2, 0) is 11.3 Å². The van der Waals surface area contributed by atoms with Crippen LogP contribution in [-0.4, -0.2) is 17.4 Å². The summed E-state index contributed by atoms with van der Waals surface area (Å²) in [4.78, 5) is 11.8. The quantitative estimate of drug-likeness (QED) is 0.872. The molecule has 1 unspecified atom stereocenters. The molecule has 3 heteroatoms. The molecule has 1 aromatic rings. The van der Waals surface area contributed by atoms with Crippen molar-refractivity contribution in [1.29, 1.82) is 0 Å². The molecule has 86 valence electrons. The van der Waals surface area contributed by atoms with Crippen molar-refractivity contribution in [2.24, 2.45) is 5.92 Å². The van der Waals surface area contributed by atoms with Gasteiger partial charge in [0.1, 0.15) is 0 Å². The van der Waals surface area contributed by atoms with Crippen molar-refractivity contribution >= 4 is 17.7 Å². The third-order valence-corrected chi connectivity index (χ3v) is 4.06. The lowest BCUT2D eigenvalue weighted by Crippen LogP contribution is -2.33. The molecule has 0 saturated carbocycles. The van der Waals surface area contributed by atoms with Gasteiger partial charge in [-0.1, -0.05) is 30.3 Å². The first-order valence-electron chi connectivity index (χ1n) is 5.75. The number of hydrogen-bond acceptors (Lipinski definition) is 2. The Labute approximate surface area is 101 Å². The highest BCUT2D eigenvalue weighted by Crippen LogP contribution is 2.22. The molecule has 2 nitrogen and oxygen atoms in total. The zero-order valence-electron chi connectivity index (χ0n) is 9.32. The third kappa shape index (κ3) is 3.27. The molecular weight excluding hydrogens is 218 g/mol. The normalized spacial score (nSPS) is 20.4. The molecule has 1 saturated heterocycles. The maximum atomic E-state index is 11.8. The summed E-state index contributed by atoms with van der Waals surface area (Å²) < 4.78 is 0. The molecule has 1 aliphatic rings. The van der Waals surface area contributed by atoms with Crippen LogP contribution in [0.4, 0.5) is 0 Å². The van der Waals surface area contributed by atoms with Crippen molar-refractivity contribution in [1.82, 2.24) is 5.32 Å². The molecule has 0 aromatic heterocycles. The largest absolute Gasteiger partial charge is 0.352 e. The average Bonchev–Trinajstić information content (AvgIpc) is 2.38. The zero-order chi connectivity index (χ0) is 11.2. The van der Waals surface area contributed by atoms with E-state index in [4.69, 9.17) is 0 Å². The predicted octanol–water partition coefficient (Wildman–Crippen LogP) is 2.45. The molecule has 1 heterocycles. The summed E-state index contributed by atoms with van der Waals surface area (Å²) in [5, 5.41) is 3.02. The van der Waals surface area contributed by atoms with E-state index < -0.39 is 0 Å². The number of thioether (sulfide) groups is 1. The van der Waals surface area contributed by atoms with Crippen molar-refractivity contribution in [3.8, 4) is 0 Å². The van der Waals surface area contributed by atoms with Crippen LogP contribution in [0.1, 0.15) is 18.4 Å². The molecule has 1 amide bonds. The summed E-state index contributed by atoms with van der Waals surface area (Å²) in [6.45, 7) is 0.654. The molecule has 1 N–H and O–H groups in total. The van der Waals surface area contributed by atoms with Gasteiger partial charge in [-0.3, -0.25) is 4.79 Å². The van der Waals surface area contributed by atoms with Gasteiger partial charge in [-0.05, 0) is 24.2 Å². The lowest BCUT2D eigenvalue weighted by atomic mass is 10.0. The van der Waals surface area contributed by atoms with E-state index in [0.717, 1.165) is 12.2 Å². The summed E-state index contributed by atoms with van der Waals surface area (Å²) in [5.41, 5.74) is 1.17. The fourth-order valence-corrected chi connectivity index (χ4v) is 3.02. The van der Waals surface area contributed by atoms with Crippen LogP contribution in [0.25, 0.3) is 0 Å². The lowest BCUT2D eigenvalue weighted by molar-refractivity contribution is -0.124. The van der Waals surface area contributed by atoms with Gasteiger partial charge in [-0.15, -0.1) is 0 Å². The molecule has 0 aliphatic carbocycles. The van der Waals surface area contributed by atoms with Gasteiger partial charge in [0.15, 0.2) is 0 Å². The van der Waals surface area contributed by atoms with Crippen molar-refractivity contribution in [2.75, 3.05) is 11.5 Å². The van der Waals surface area contributed by atoms with Gasteiger partial charge in [-0.25, -0.2) is 0 Å². The standard InChI is InChI=1S/C13H17NOS/c15-13(12-7-4-8-16-10-12)14-9-11-5-2-1-3-6-11/h1-3,5-6,12H,4,7-10H2,(H,14,15). The molecule has 1 aliphatic heterocycles. The zero-order valence-corrected chi connectivity index (χ0v) is 10.1. The number of carbonyl (C=O) groups is 1. The average molecular weight is 235 g/mol. The fraction of sp³-hybridized carbons (Fsp3) is 0.462. The van der Waals surface area contributed by atoms with E-state index in [-0.39, 0.29) is 11.8 Å². The monoisotopic (exact) mass is 235 g/mol. The molecular formula is C13H17NOS. The Morgan fingerprint density at radius 2 is 2.19 bits per heavy atom. The van der Waals surface area contributed by atoms with Crippen molar-refractivity contribution in [2.45, 2.75) is 19.4 Å². The first-order valence-corrected chi connectivity index (χ1v) is 6.91. The Morgan fingerprint density at radius 1 is 1.38 bits per heavy atom. The number of rotatable bonds is 3. The summed E-state index contributed by atoms with van der Waals surface area (Å²) in [6.07, 6.45) is 2.22. The topological polar surface area (TPSA) is 29.1 Å². The Balaban J connectivity index is 1.79. The Hall–Kier alpha value is -0.960. The predicted molar refractivity (Wildman–Crippen MR) is 68.3 cm³/mol. The van der Waals surface area contributed by atoms with E-state index in [1.165, 1.54) is 17.7 Å². The van der Waals surface area contributed by atoms with Crippen molar-refractivity contribution < 1.29 is 4.79 Å². The summed E-state index contributed by atoms with van der Waals surface area (Å²) in [7, 11) is 0. The maximum absolute atomic E-state index is 11.8. The lowest BCUT2D eigenvalue weighted by Gasteiger charge is -2.20. The first kappa shape index (κ1) is 11.5. The summed E-state index contributed by atoms with van der Waals surface area (Å²) in [5.74, 6) is 2.64. The first-order chi connectivity index (χ1) is 7.86. The fourth-order valence-electron chi connectivity index (χ4n) is 1.88. The van der Waals surface area contributed by atoms with Gasteiger partial charge in [0, 0.05) is 18.2 Å². The second kappa shape index (κ2) is 5.94. The number of amides is 1. The smallest absolute Gasteiger partial charge is 0.224 e. The third-order valence-electron chi connectivity index (χ3n) is 2.84. The minimum absolute atomic E-state index is 0.219. The molecule has 1 fully saturated rings. The van der Waals surface area contributed by atoms with Gasteiger partial charge in [-0.2, -0.15) is 11.8 Å². The van der Waals surface area contributed by atoms with E-state index in [1.54, 1.807) is 0 Å². The summed E-state index contributed by atoms with van der Waals surface area (Å²) >= 11 is 1.89. The van der Waals surface area contributed by atoms with Crippen molar-refractivity contribution in [3.05, 3.63) is 35.9 Å². The Bertz CT molecular complexity index is 333.